The fourth-order valence-corrected chi connectivity index (χ4v) is 2.49. The van der Waals surface area contributed by atoms with Crippen LogP contribution in [-0.2, 0) is 11.3 Å². The second kappa shape index (κ2) is 4.60. The van der Waals surface area contributed by atoms with Crippen molar-refractivity contribution in [2.24, 2.45) is 5.41 Å². The molecule has 2 rings (SSSR count). The third kappa shape index (κ3) is 2.04. The summed E-state index contributed by atoms with van der Waals surface area (Å²) in [6, 6.07) is 1.34. The van der Waals surface area contributed by atoms with Crippen LogP contribution < -0.4 is 5.43 Å². The number of pyridine rings is 1. The first-order valence-corrected chi connectivity index (χ1v) is 6.34. The van der Waals surface area contributed by atoms with Crippen molar-refractivity contribution in [3.8, 4) is 0 Å². The molecule has 18 heavy (non-hydrogen) atoms. The van der Waals surface area contributed by atoms with Crippen LogP contribution in [0.4, 0.5) is 0 Å². The molecule has 0 saturated carbocycles. The predicted octanol–water partition coefficient (Wildman–Crippen LogP) is 1.17. The van der Waals surface area contributed by atoms with E-state index in [4.69, 9.17) is 9.84 Å². The first-order chi connectivity index (χ1) is 8.37. The Bertz CT molecular complexity index is 549. The molecule has 0 aromatic carbocycles. The Labute approximate surface area is 113 Å². The number of hydrogen-bond donors (Lipinski definition) is 1. The van der Waals surface area contributed by atoms with E-state index >= 15 is 0 Å². The maximum absolute atomic E-state index is 12.4. The number of aliphatic hydroxyl groups is 1. The van der Waals surface area contributed by atoms with Crippen LogP contribution in [0.15, 0.2) is 21.5 Å². The topological polar surface area (TPSA) is 68.5 Å². The third-order valence-electron chi connectivity index (χ3n) is 3.34. The summed E-state index contributed by atoms with van der Waals surface area (Å²) < 4.78 is 7.30. The predicted molar refractivity (Wildman–Crippen MR) is 68.5 cm³/mol. The van der Waals surface area contributed by atoms with Crippen molar-refractivity contribution in [2.75, 3.05) is 6.79 Å². The minimum atomic E-state index is -0.761. The van der Waals surface area contributed by atoms with Crippen LogP contribution in [0.3, 0.4) is 0 Å². The molecule has 0 aliphatic carbocycles. The van der Waals surface area contributed by atoms with Crippen LogP contribution in [0, 0.1) is 5.41 Å². The number of ether oxygens (including phenoxy) is 1. The zero-order chi connectivity index (χ0) is 13.5. The molecule has 0 radical (unpaired) electrons. The molecular weight excluding hydrogens is 302 g/mol. The van der Waals surface area contributed by atoms with E-state index < -0.39 is 18.3 Å². The molecule has 1 N–H and O–H groups in total. The van der Waals surface area contributed by atoms with Crippen LogP contribution in [-0.4, -0.2) is 28.4 Å². The second-order valence-electron chi connectivity index (χ2n) is 4.86. The Kier molecular flexibility index (Phi) is 3.44. The largest absolute Gasteiger partial charge is 0.371 e. The number of ketones is 1. The highest BCUT2D eigenvalue weighted by Gasteiger charge is 2.43. The van der Waals surface area contributed by atoms with Gasteiger partial charge in [-0.25, -0.2) is 0 Å². The number of carbonyl (C=O) groups excluding carboxylic acids is 1. The van der Waals surface area contributed by atoms with Crippen molar-refractivity contribution in [3.05, 3.63) is 32.7 Å². The van der Waals surface area contributed by atoms with Gasteiger partial charge in [-0.05, 0) is 29.8 Å². The van der Waals surface area contributed by atoms with Gasteiger partial charge >= 0.3 is 0 Å². The summed E-state index contributed by atoms with van der Waals surface area (Å²) in [6.07, 6.45) is 1.16. The summed E-state index contributed by atoms with van der Waals surface area (Å²) in [5.41, 5.74) is -0.596. The van der Waals surface area contributed by atoms with Gasteiger partial charge in [-0.15, -0.1) is 0 Å². The summed E-state index contributed by atoms with van der Waals surface area (Å²) in [4.78, 5) is 23.9. The molecule has 1 atom stereocenters. The van der Waals surface area contributed by atoms with Gasteiger partial charge in [-0.1, -0.05) is 0 Å². The summed E-state index contributed by atoms with van der Waals surface area (Å²) in [5.74, 6) is -0.156. The summed E-state index contributed by atoms with van der Waals surface area (Å²) in [6.45, 7) is 3.50. The quantitative estimate of drug-likeness (QED) is 0.832. The first kappa shape index (κ1) is 13.5. The Morgan fingerprint density at radius 3 is 2.83 bits per heavy atom. The zero-order valence-corrected chi connectivity index (χ0v) is 11.7. The standard InChI is InChI=1S/C12H14BrNO4/c1-12(2)10(18-6-15)5-14-4-7(13)9(16)3-8(14)11(12)17/h3-4,10,15H,5-6H2,1-2H3. The van der Waals surface area contributed by atoms with E-state index in [-0.39, 0.29) is 11.2 Å². The van der Waals surface area contributed by atoms with E-state index in [0.717, 1.165) is 0 Å². The Morgan fingerprint density at radius 1 is 1.56 bits per heavy atom. The van der Waals surface area contributed by atoms with E-state index in [1.165, 1.54) is 6.07 Å². The van der Waals surface area contributed by atoms with Crippen LogP contribution in [0.1, 0.15) is 24.3 Å². The summed E-state index contributed by atoms with van der Waals surface area (Å²) in [7, 11) is 0. The highest BCUT2D eigenvalue weighted by atomic mass is 79.9. The monoisotopic (exact) mass is 315 g/mol. The maximum atomic E-state index is 12.4. The fourth-order valence-electron chi connectivity index (χ4n) is 2.13. The first-order valence-electron chi connectivity index (χ1n) is 5.55. The number of Topliss-reactive ketones (excluding diaryl/α,β-unsaturated/α-hetero) is 1. The smallest absolute Gasteiger partial charge is 0.196 e. The van der Waals surface area contributed by atoms with Gasteiger partial charge in [0.15, 0.2) is 11.2 Å². The lowest BCUT2D eigenvalue weighted by molar-refractivity contribution is -0.0962. The van der Waals surface area contributed by atoms with Gasteiger partial charge in [-0.3, -0.25) is 9.59 Å². The number of carbonyl (C=O) groups is 1. The van der Waals surface area contributed by atoms with Gasteiger partial charge in [0.05, 0.1) is 28.2 Å². The number of fused-ring (bicyclic) bond motifs is 1. The lowest BCUT2D eigenvalue weighted by Gasteiger charge is -2.38. The number of rotatable bonds is 2. The lowest BCUT2D eigenvalue weighted by Crippen LogP contribution is -2.48. The molecular formula is C12H14BrNO4. The zero-order valence-electron chi connectivity index (χ0n) is 10.1. The van der Waals surface area contributed by atoms with Crippen molar-refractivity contribution in [2.45, 2.75) is 26.5 Å². The maximum Gasteiger partial charge on any atom is 0.196 e. The van der Waals surface area contributed by atoms with E-state index in [1.807, 2.05) is 0 Å². The van der Waals surface area contributed by atoms with Crippen LogP contribution in [0.5, 0.6) is 0 Å². The van der Waals surface area contributed by atoms with Crippen molar-refractivity contribution >= 4 is 21.7 Å². The molecule has 6 heteroatoms. The van der Waals surface area contributed by atoms with Crippen molar-refractivity contribution in [1.29, 1.82) is 0 Å². The molecule has 1 aliphatic heterocycles. The average Bonchev–Trinajstić information content (AvgIpc) is 2.30. The number of aliphatic hydroxyl groups excluding tert-OH is 1. The van der Waals surface area contributed by atoms with Gasteiger partial charge in [0.2, 0.25) is 0 Å². The number of aromatic nitrogens is 1. The van der Waals surface area contributed by atoms with Gasteiger partial charge in [0.25, 0.3) is 0 Å². The molecule has 0 spiro atoms. The van der Waals surface area contributed by atoms with E-state index in [1.54, 1.807) is 24.6 Å². The SMILES string of the molecule is CC1(C)C(=O)c2cc(=O)c(Br)cn2CC1OCO. The molecule has 1 aromatic rings. The Balaban J connectivity index is 2.54. The molecule has 1 unspecified atom stereocenters. The average molecular weight is 316 g/mol. The van der Waals surface area contributed by atoms with Crippen molar-refractivity contribution in [3.63, 3.8) is 0 Å². The molecule has 0 saturated heterocycles. The van der Waals surface area contributed by atoms with Gasteiger partial charge in [-0.2, -0.15) is 0 Å². The molecule has 98 valence electrons. The number of nitrogens with zero attached hydrogens (tertiary/aromatic N) is 1. The minimum absolute atomic E-state index is 0.156. The van der Waals surface area contributed by atoms with Gasteiger partial charge < -0.3 is 14.4 Å². The third-order valence-corrected chi connectivity index (χ3v) is 3.94. The van der Waals surface area contributed by atoms with Gasteiger partial charge in [0, 0.05) is 12.3 Å². The molecule has 2 heterocycles. The molecule has 5 nitrogen and oxygen atoms in total. The van der Waals surface area contributed by atoms with Crippen molar-refractivity contribution < 1.29 is 14.6 Å². The van der Waals surface area contributed by atoms with E-state index in [9.17, 15) is 9.59 Å². The summed E-state index contributed by atoms with van der Waals surface area (Å²) in [5, 5.41) is 8.88. The molecule has 0 bridgehead atoms. The highest BCUT2D eigenvalue weighted by molar-refractivity contribution is 9.10. The minimum Gasteiger partial charge on any atom is -0.371 e. The van der Waals surface area contributed by atoms with Crippen LogP contribution in [0.25, 0.3) is 0 Å². The summed E-state index contributed by atoms with van der Waals surface area (Å²) >= 11 is 3.15. The normalized spacial score (nSPS) is 21.8. The Morgan fingerprint density at radius 2 is 2.22 bits per heavy atom. The lowest BCUT2D eigenvalue weighted by atomic mass is 9.78. The van der Waals surface area contributed by atoms with Crippen molar-refractivity contribution in [1.82, 2.24) is 4.57 Å². The molecule has 1 aromatic heterocycles. The van der Waals surface area contributed by atoms with E-state index in [2.05, 4.69) is 15.9 Å². The van der Waals surface area contributed by atoms with E-state index in [0.29, 0.717) is 16.7 Å². The van der Waals surface area contributed by atoms with Gasteiger partial charge in [0.1, 0.15) is 6.79 Å². The molecule has 1 aliphatic rings. The second-order valence-corrected chi connectivity index (χ2v) is 5.71. The van der Waals surface area contributed by atoms with Crippen LogP contribution in [0.2, 0.25) is 0 Å². The molecule has 0 fully saturated rings. The number of halogens is 1. The Hall–Kier alpha value is -0.980. The number of hydrogen-bond acceptors (Lipinski definition) is 4. The highest BCUT2D eigenvalue weighted by Crippen LogP contribution is 2.33. The van der Waals surface area contributed by atoms with Crippen LogP contribution >= 0.6 is 15.9 Å². The fraction of sp³-hybridized carbons (Fsp3) is 0.500. The molecule has 0 amide bonds.